The van der Waals surface area contributed by atoms with E-state index in [4.69, 9.17) is 4.84 Å². The number of urea groups is 1. The van der Waals surface area contributed by atoms with Crippen molar-refractivity contribution in [1.82, 2.24) is 19.7 Å². The molecule has 4 rings (SSSR count). The SMILES string of the molecule is CN1OC(CF)Cn2nc3c(c2C1=O)CN(C(=O)Nc1ccc(F)c(Br)c1)CC3. The molecule has 2 aliphatic heterocycles. The van der Waals surface area contributed by atoms with E-state index in [-0.39, 0.29) is 23.6 Å². The van der Waals surface area contributed by atoms with Gasteiger partial charge in [-0.05, 0) is 34.1 Å². The first-order chi connectivity index (χ1) is 13.9. The van der Waals surface area contributed by atoms with E-state index >= 15 is 0 Å². The van der Waals surface area contributed by atoms with Crippen molar-refractivity contribution in [2.45, 2.75) is 25.6 Å². The predicted octanol–water partition coefficient (Wildman–Crippen LogP) is 2.73. The van der Waals surface area contributed by atoms with E-state index in [9.17, 15) is 18.4 Å². The van der Waals surface area contributed by atoms with E-state index in [0.717, 1.165) is 10.8 Å². The molecule has 0 spiro atoms. The van der Waals surface area contributed by atoms with Crippen LogP contribution in [0.25, 0.3) is 0 Å². The van der Waals surface area contributed by atoms with E-state index in [1.807, 2.05) is 0 Å². The number of benzene rings is 1. The Morgan fingerprint density at radius 3 is 2.97 bits per heavy atom. The van der Waals surface area contributed by atoms with Crippen molar-refractivity contribution in [3.8, 4) is 0 Å². The lowest BCUT2D eigenvalue weighted by Gasteiger charge is -2.27. The molecule has 1 aromatic heterocycles. The molecule has 154 valence electrons. The van der Waals surface area contributed by atoms with Crippen LogP contribution in [0, 0.1) is 5.82 Å². The van der Waals surface area contributed by atoms with Gasteiger partial charge in [-0.15, -0.1) is 0 Å². The highest BCUT2D eigenvalue weighted by Crippen LogP contribution is 2.27. The van der Waals surface area contributed by atoms with Gasteiger partial charge in [0.25, 0.3) is 5.91 Å². The number of anilines is 1. The molecular weight excluding hydrogens is 452 g/mol. The number of amides is 3. The number of carbonyl (C=O) groups excluding carboxylic acids is 2. The average molecular weight is 470 g/mol. The van der Waals surface area contributed by atoms with Crippen LogP contribution in [0.1, 0.15) is 21.7 Å². The van der Waals surface area contributed by atoms with Gasteiger partial charge in [0.1, 0.15) is 24.3 Å². The molecule has 0 saturated carbocycles. The molecule has 0 radical (unpaired) electrons. The minimum atomic E-state index is -0.803. The van der Waals surface area contributed by atoms with Crippen LogP contribution in [0.3, 0.4) is 0 Å². The Kier molecular flexibility index (Phi) is 5.26. The number of aromatic nitrogens is 2. The number of fused-ring (bicyclic) bond motifs is 3. The van der Waals surface area contributed by atoms with Gasteiger partial charge >= 0.3 is 6.03 Å². The lowest BCUT2D eigenvalue weighted by Crippen LogP contribution is -2.39. The van der Waals surface area contributed by atoms with Crippen molar-refractivity contribution in [3.05, 3.63) is 45.4 Å². The van der Waals surface area contributed by atoms with Crippen LogP contribution in [0.5, 0.6) is 0 Å². The van der Waals surface area contributed by atoms with Crippen molar-refractivity contribution in [3.63, 3.8) is 0 Å². The number of hydrogen-bond donors (Lipinski definition) is 1. The smallest absolute Gasteiger partial charge is 0.320 e. The molecule has 3 amide bonds. The first-order valence-electron chi connectivity index (χ1n) is 8.97. The van der Waals surface area contributed by atoms with Gasteiger partial charge in [-0.1, -0.05) is 0 Å². The Hall–Kier alpha value is -2.53. The summed E-state index contributed by atoms with van der Waals surface area (Å²) in [4.78, 5) is 32.3. The summed E-state index contributed by atoms with van der Waals surface area (Å²) in [5, 5.41) is 8.19. The van der Waals surface area contributed by atoms with Gasteiger partial charge in [-0.3, -0.25) is 14.3 Å². The van der Waals surface area contributed by atoms with Gasteiger partial charge in [0.2, 0.25) is 0 Å². The normalized spacial score (nSPS) is 18.9. The summed E-state index contributed by atoms with van der Waals surface area (Å²) in [6, 6.07) is 3.82. The zero-order valence-electron chi connectivity index (χ0n) is 15.5. The fourth-order valence-corrected chi connectivity index (χ4v) is 3.85. The summed E-state index contributed by atoms with van der Waals surface area (Å²) in [6.45, 7) is -0.0441. The molecule has 1 unspecified atom stereocenters. The minimum absolute atomic E-state index is 0.116. The third-order valence-electron chi connectivity index (χ3n) is 4.90. The van der Waals surface area contributed by atoms with Gasteiger partial charge < -0.3 is 10.2 Å². The molecule has 11 heteroatoms. The van der Waals surface area contributed by atoms with Crippen molar-refractivity contribution in [1.29, 1.82) is 0 Å². The number of hydrogen-bond acceptors (Lipinski definition) is 4. The fourth-order valence-electron chi connectivity index (χ4n) is 3.47. The summed E-state index contributed by atoms with van der Waals surface area (Å²) in [6.07, 6.45) is -0.337. The molecule has 8 nitrogen and oxygen atoms in total. The molecule has 2 aliphatic rings. The molecule has 2 aromatic rings. The van der Waals surface area contributed by atoms with Crippen molar-refractivity contribution in [2.75, 3.05) is 25.6 Å². The van der Waals surface area contributed by atoms with Crippen LogP contribution in [0.4, 0.5) is 19.3 Å². The number of rotatable bonds is 2. The molecule has 0 bridgehead atoms. The molecule has 0 fully saturated rings. The second-order valence-electron chi connectivity index (χ2n) is 6.87. The maximum absolute atomic E-state index is 13.4. The second kappa shape index (κ2) is 7.71. The van der Waals surface area contributed by atoms with Crippen LogP contribution >= 0.6 is 15.9 Å². The Morgan fingerprint density at radius 2 is 2.24 bits per heavy atom. The average Bonchev–Trinajstić information content (AvgIpc) is 3.00. The lowest BCUT2D eigenvalue weighted by molar-refractivity contribution is -0.152. The van der Waals surface area contributed by atoms with E-state index < -0.39 is 24.5 Å². The number of nitrogens with zero attached hydrogens (tertiary/aromatic N) is 4. The number of nitrogens with one attached hydrogen (secondary N) is 1. The molecule has 1 atom stereocenters. The van der Waals surface area contributed by atoms with Crippen molar-refractivity contribution < 1.29 is 23.2 Å². The summed E-state index contributed by atoms with van der Waals surface area (Å²) >= 11 is 3.09. The third kappa shape index (κ3) is 3.71. The summed E-state index contributed by atoms with van der Waals surface area (Å²) in [7, 11) is 1.43. The zero-order chi connectivity index (χ0) is 20.7. The predicted molar refractivity (Wildman–Crippen MR) is 102 cm³/mol. The first kappa shape index (κ1) is 19.8. The highest BCUT2D eigenvalue weighted by molar-refractivity contribution is 9.10. The molecular formula is C18H18BrF2N5O3. The van der Waals surface area contributed by atoms with Gasteiger partial charge in [0.05, 0.1) is 23.3 Å². The van der Waals surface area contributed by atoms with Gasteiger partial charge in [-0.2, -0.15) is 5.10 Å². The van der Waals surface area contributed by atoms with E-state index in [0.29, 0.717) is 29.9 Å². The van der Waals surface area contributed by atoms with E-state index in [1.165, 1.54) is 29.9 Å². The summed E-state index contributed by atoms with van der Waals surface area (Å²) in [5.41, 5.74) is 2.10. The van der Waals surface area contributed by atoms with Gasteiger partial charge in [-0.25, -0.2) is 18.6 Å². The third-order valence-corrected chi connectivity index (χ3v) is 5.51. The Labute approximate surface area is 173 Å². The van der Waals surface area contributed by atoms with Gasteiger partial charge in [0.15, 0.2) is 0 Å². The highest BCUT2D eigenvalue weighted by Gasteiger charge is 2.35. The fraction of sp³-hybridized carbons (Fsp3) is 0.389. The topological polar surface area (TPSA) is 79.7 Å². The van der Waals surface area contributed by atoms with E-state index in [1.54, 1.807) is 4.90 Å². The second-order valence-corrected chi connectivity index (χ2v) is 7.73. The number of alkyl halides is 1. The highest BCUT2D eigenvalue weighted by atomic mass is 79.9. The molecule has 29 heavy (non-hydrogen) atoms. The van der Waals surface area contributed by atoms with Gasteiger partial charge in [0, 0.05) is 31.3 Å². The van der Waals surface area contributed by atoms with Crippen molar-refractivity contribution in [2.24, 2.45) is 0 Å². The molecule has 3 heterocycles. The van der Waals surface area contributed by atoms with Crippen molar-refractivity contribution >= 4 is 33.6 Å². The maximum atomic E-state index is 13.4. The molecule has 1 aromatic carbocycles. The molecule has 0 saturated heterocycles. The first-order valence-corrected chi connectivity index (χ1v) is 9.77. The van der Waals surface area contributed by atoms with E-state index in [2.05, 4.69) is 26.3 Å². The lowest BCUT2D eigenvalue weighted by atomic mass is 10.1. The van der Waals surface area contributed by atoms with Crippen LogP contribution in [-0.2, 0) is 24.3 Å². The van der Waals surface area contributed by atoms with Crippen LogP contribution in [-0.4, -0.2) is 58.1 Å². The maximum Gasteiger partial charge on any atom is 0.322 e. The number of carbonyl (C=O) groups is 2. The molecule has 0 aliphatic carbocycles. The Balaban J connectivity index is 1.57. The quantitative estimate of drug-likeness (QED) is 0.733. The van der Waals surface area contributed by atoms with Crippen LogP contribution < -0.4 is 5.32 Å². The Morgan fingerprint density at radius 1 is 1.45 bits per heavy atom. The minimum Gasteiger partial charge on any atom is -0.320 e. The summed E-state index contributed by atoms with van der Waals surface area (Å²) in [5.74, 6) is -0.857. The van der Waals surface area contributed by atoms with Crippen LogP contribution in [0.15, 0.2) is 22.7 Å². The number of hydroxylamine groups is 2. The number of halogens is 3. The standard InChI is InChI=1S/C18H18BrF2N5O3/c1-24-17(27)16-12-9-25(18(28)22-10-2-3-14(21)13(19)6-10)5-4-15(12)23-26(16)8-11(7-20)29-24/h2-3,6,11H,4-5,7-9H2,1H3,(H,22,28). The summed E-state index contributed by atoms with van der Waals surface area (Å²) < 4.78 is 28.3. The Bertz CT molecular complexity index is 983. The molecule has 1 N–H and O–H groups in total. The van der Waals surface area contributed by atoms with Crippen LogP contribution in [0.2, 0.25) is 0 Å². The zero-order valence-corrected chi connectivity index (χ0v) is 17.1. The largest absolute Gasteiger partial charge is 0.322 e. The monoisotopic (exact) mass is 469 g/mol.